The Morgan fingerprint density at radius 2 is 1.67 bits per heavy atom. The fraction of sp³-hybridized carbons (Fsp3) is 0.143. The number of furan rings is 1. The van der Waals surface area contributed by atoms with Gasteiger partial charge in [0.05, 0.1) is 11.1 Å². The lowest BCUT2D eigenvalue weighted by molar-refractivity contribution is 0.0952. The molecule has 0 aliphatic rings. The maximum Gasteiger partial charge on any atom is 0.255 e. The molecule has 0 fully saturated rings. The van der Waals surface area contributed by atoms with E-state index in [1.54, 1.807) is 19.2 Å². The van der Waals surface area contributed by atoms with Crippen LogP contribution in [0.5, 0.6) is 0 Å². The molecule has 7 heteroatoms. The van der Waals surface area contributed by atoms with Crippen molar-refractivity contribution in [2.24, 2.45) is 0 Å². The number of halogens is 2. The largest absolute Gasteiger partial charge is 0.454 e. The van der Waals surface area contributed by atoms with Crippen molar-refractivity contribution in [2.75, 3.05) is 7.05 Å². The number of amides is 1. The van der Waals surface area contributed by atoms with Crippen molar-refractivity contribution in [2.45, 2.75) is 25.7 Å². The van der Waals surface area contributed by atoms with E-state index in [1.807, 2.05) is 80.7 Å². The van der Waals surface area contributed by atoms with Gasteiger partial charge in [-0.3, -0.25) is 9.59 Å². The minimum absolute atomic E-state index is 0.0218. The number of aromatic nitrogens is 1. The Kier molecular flexibility index (Phi) is 6.95. The van der Waals surface area contributed by atoms with Crippen molar-refractivity contribution in [1.82, 2.24) is 10.3 Å². The molecular weight excluding hydrogens is 551 g/mol. The number of Topliss-reactive ketones (excluding diaryl/α,β-unsaturated/α-hetero) is 1. The first-order valence-electron chi connectivity index (χ1n) is 13.6. The highest BCUT2D eigenvalue weighted by Gasteiger charge is 2.27. The van der Waals surface area contributed by atoms with E-state index in [2.05, 4.69) is 10.3 Å². The topological polar surface area (TPSA) is 75.1 Å². The number of carbonyl (C=O) groups is 2. The second-order valence-corrected chi connectivity index (χ2v) is 11.5. The summed E-state index contributed by atoms with van der Waals surface area (Å²) in [5.74, 6) is -0.314. The van der Waals surface area contributed by atoms with E-state index in [-0.39, 0.29) is 22.9 Å². The Bertz CT molecular complexity index is 1970. The van der Waals surface area contributed by atoms with Gasteiger partial charge in [0.2, 0.25) is 0 Å². The van der Waals surface area contributed by atoms with Gasteiger partial charge in [0.15, 0.2) is 5.78 Å². The van der Waals surface area contributed by atoms with Crippen LogP contribution in [0.25, 0.3) is 44.3 Å². The average molecular weight is 579 g/mol. The minimum Gasteiger partial charge on any atom is -0.454 e. The summed E-state index contributed by atoms with van der Waals surface area (Å²) in [6.07, 6.45) is 2.13. The van der Waals surface area contributed by atoms with Gasteiger partial charge in [-0.05, 0) is 71.1 Å². The zero-order chi connectivity index (χ0) is 29.6. The predicted octanol–water partition coefficient (Wildman–Crippen LogP) is 8.95. The van der Waals surface area contributed by atoms with Crippen LogP contribution in [-0.2, 0) is 5.41 Å². The van der Waals surface area contributed by atoms with Crippen LogP contribution in [0.1, 0.15) is 46.5 Å². The zero-order valence-electron chi connectivity index (χ0n) is 23.3. The highest BCUT2D eigenvalue weighted by molar-refractivity contribution is 6.30. The summed E-state index contributed by atoms with van der Waals surface area (Å²) >= 11 is 6.07. The molecular formula is C35H28ClFN2O3. The van der Waals surface area contributed by atoms with Crippen LogP contribution in [-0.4, -0.2) is 23.7 Å². The lowest BCUT2D eigenvalue weighted by atomic mass is 9.79. The Morgan fingerprint density at radius 3 is 2.38 bits per heavy atom. The number of hydrogen-bond acceptors (Lipinski definition) is 3. The lowest BCUT2D eigenvalue weighted by Gasteiger charge is -2.24. The number of H-pyrrole nitrogens is 1. The van der Waals surface area contributed by atoms with Crippen LogP contribution in [0.3, 0.4) is 0 Å². The molecule has 0 bridgehead atoms. The number of nitrogens with one attached hydrogen (secondary N) is 2. The van der Waals surface area contributed by atoms with Gasteiger partial charge in [-0.25, -0.2) is 4.39 Å². The van der Waals surface area contributed by atoms with E-state index in [0.717, 1.165) is 27.6 Å². The van der Waals surface area contributed by atoms with Crippen LogP contribution < -0.4 is 5.32 Å². The third-order valence-electron chi connectivity index (χ3n) is 7.78. The van der Waals surface area contributed by atoms with Gasteiger partial charge in [-0.15, -0.1) is 0 Å². The van der Waals surface area contributed by atoms with Gasteiger partial charge in [-0.1, -0.05) is 55.8 Å². The quantitative estimate of drug-likeness (QED) is 0.186. The van der Waals surface area contributed by atoms with E-state index in [9.17, 15) is 14.0 Å². The first kappa shape index (κ1) is 27.5. The third-order valence-corrected chi connectivity index (χ3v) is 8.03. The molecule has 2 aromatic heterocycles. The predicted molar refractivity (Wildman–Crippen MR) is 166 cm³/mol. The number of hydrogen-bond donors (Lipinski definition) is 2. The minimum atomic E-state index is -0.390. The molecule has 6 rings (SSSR count). The molecule has 2 heterocycles. The van der Waals surface area contributed by atoms with E-state index in [4.69, 9.17) is 16.0 Å². The molecule has 0 saturated carbocycles. The number of rotatable bonds is 7. The van der Waals surface area contributed by atoms with Crippen LogP contribution in [0, 0.1) is 5.82 Å². The molecule has 2 N–H and O–H groups in total. The van der Waals surface area contributed by atoms with Crippen molar-refractivity contribution < 1.29 is 18.4 Å². The SMILES string of the molecule is CNC(=O)c1c(-c2ccc(F)cc2)oc2c1cc(-c1cccc(C(=O)CC(C)(C)c3ccc(Cl)cc3)c1)c1[nH]ccc12. The molecule has 0 aliphatic heterocycles. The Balaban J connectivity index is 1.46. The van der Waals surface area contributed by atoms with Crippen LogP contribution in [0.4, 0.5) is 4.39 Å². The summed E-state index contributed by atoms with van der Waals surface area (Å²) < 4.78 is 20.0. The van der Waals surface area contributed by atoms with Crippen molar-refractivity contribution >= 4 is 45.2 Å². The van der Waals surface area contributed by atoms with Crippen molar-refractivity contribution in [3.63, 3.8) is 0 Å². The van der Waals surface area contributed by atoms with Crippen molar-refractivity contribution in [3.05, 3.63) is 119 Å². The number of fused-ring (bicyclic) bond motifs is 3. The number of benzene rings is 4. The molecule has 42 heavy (non-hydrogen) atoms. The highest BCUT2D eigenvalue weighted by Crippen LogP contribution is 2.41. The van der Waals surface area contributed by atoms with Gasteiger partial charge in [-0.2, -0.15) is 0 Å². The number of carbonyl (C=O) groups excluding carboxylic acids is 2. The maximum atomic E-state index is 13.7. The molecule has 0 saturated heterocycles. The van der Waals surface area contributed by atoms with Crippen LogP contribution in [0.15, 0.2) is 95.5 Å². The second kappa shape index (κ2) is 10.6. The fourth-order valence-corrected chi connectivity index (χ4v) is 5.66. The monoisotopic (exact) mass is 578 g/mol. The van der Waals surface area contributed by atoms with Gasteiger partial charge in [0, 0.05) is 52.2 Å². The molecule has 0 aliphatic carbocycles. The van der Waals surface area contributed by atoms with Gasteiger partial charge >= 0.3 is 0 Å². The molecule has 5 nitrogen and oxygen atoms in total. The Hall–Kier alpha value is -4.68. The maximum absolute atomic E-state index is 13.7. The fourth-order valence-electron chi connectivity index (χ4n) is 5.53. The average Bonchev–Trinajstić information content (AvgIpc) is 3.62. The summed E-state index contributed by atoms with van der Waals surface area (Å²) in [5, 5.41) is 4.78. The number of ketones is 1. The van der Waals surface area contributed by atoms with Gasteiger partial charge in [0.25, 0.3) is 5.91 Å². The van der Waals surface area contributed by atoms with E-state index < -0.39 is 0 Å². The van der Waals surface area contributed by atoms with Crippen molar-refractivity contribution in [3.8, 4) is 22.5 Å². The summed E-state index contributed by atoms with van der Waals surface area (Å²) in [6.45, 7) is 4.10. The summed E-state index contributed by atoms with van der Waals surface area (Å²) in [5.41, 5.74) is 5.21. The van der Waals surface area contributed by atoms with Gasteiger partial charge in [0.1, 0.15) is 17.2 Å². The van der Waals surface area contributed by atoms with Crippen molar-refractivity contribution in [1.29, 1.82) is 0 Å². The molecule has 4 aromatic carbocycles. The molecule has 0 atom stereocenters. The lowest BCUT2D eigenvalue weighted by Crippen LogP contribution is -2.22. The Labute approximate surface area is 247 Å². The molecule has 6 aromatic rings. The van der Waals surface area contributed by atoms with E-state index in [1.165, 1.54) is 12.1 Å². The van der Waals surface area contributed by atoms with E-state index in [0.29, 0.717) is 44.9 Å². The normalized spacial score (nSPS) is 11.7. The molecule has 0 unspecified atom stereocenters. The first-order valence-corrected chi connectivity index (χ1v) is 14.0. The molecule has 0 spiro atoms. The smallest absolute Gasteiger partial charge is 0.255 e. The molecule has 0 radical (unpaired) electrons. The number of aromatic amines is 1. The summed E-state index contributed by atoms with van der Waals surface area (Å²) in [6, 6.07) is 24.8. The molecule has 1 amide bonds. The molecule has 210 valence electrons. The van der Waals surface area contributed by atoms with Crippen LogP contribution in [0.2, 0.25) is 5.02 Å². The first-order chi connectivity index (χ1) is 20.2. The van der Waals surface area contributed by atoms with E-state index >= 15 is 0 Å². The summed E-state index contributed by atoms with van der Waals surface area (Å²) in [4.78, 5) is 30.0. The third kappa shape index (κ3) is 4.88. The Morgan fingerprint density at radius 1 is 0.929 bits per heavy atom. The highest BCUT2D eigenvalue weighted by atomic mass is 35.5. The standard InChI is InChI=1S/C35H28ClFN2O3/c1-35(2,23-9-11-24(36)12-10-23)19-29(40)22-6-4-5-21(17-22)27-18-28-30(34(41)38-3)32(20-7-13-25(37)14-8-20)42-33(28)26-15-16-39-31(26)27/h4-18,39H,19H2,1-3H3,(H,38,41). The second-order valence-electron chi connectivity index (χ2n) is 11.0. The van der Waals surface area contributed by atoms with Gasteiger partial charge < -0.3 is 14.7 Å². The summed E-state index contributed by atoms with van der Waals surface area (Å²) in [7, 11) is 1.56. The van der Waals surface area contributed by atoms with Crippen LogP contribution >= 0.6 is 11.6 Å². The zero-order valence-corrected chi connectivity index (χ0v) is 24.1.